The number of rotatable bonds is 6. The number of ether oxygens (including phenoxy) is 3. The fourth-order valence-electron chi connectivity index (χ4n) is 3.83. The van der Waals surface area contributed by atoms with Crippen molar-refractivity contribution in [1.29, 1.82) is 0 Å². The Morgan fingerprint density at radius 2 is 1.53 bits per heavy atom. The number of carbonyl (C=O) groups excluding carboxylic acids is 2. The molecule has 38 heavy (non-hydrogen) atoms. The Labute approximate surface area is 220 Å². The van der Waals surface area contributed by atoms with Crippen molar-refractivity contribution in [2.45, 2.75) is 26.2 Å². The molecule has 0 bridgehead atoms. The molecule has 4 aromatic rings. The number of amides is 3. The molecule has 0 fully saturated rings. The normalized spacial score (nSPS) is 11.0. The SMILES string of the molecule is COC(=O)Nc1cc(C(C)(C)C)cc(NC(=O)Nc2ccc(Oc3ccncn3)c3ccccc23)c1OC. The Balaban J connectivity index is 1.64. The highest BCUT2D eigenvalue weighted by Crippen LogP contribution is 2.39. The van der Waals surface area contributed by atoms with Crippen LogP contribution in [-0.2, 0) is 10.2 Å². The molecule has 196 valence electrons. The number of hydrogen-bond acceptors (Lipinski definition) is 7. The molecule has 0 unspecified atom stereocenters. The standard InChI is InChI=1S/C28H29N5O5/c1-28(2,3)17-14-21(25(36-4)22(15-17)33-27(35)37-5)32-26(34)31-20-10-11-23(19-9-7-6-8-18(19)20)38-24-12-13-29-16-30-24/h6-16H,1-5H3,(H,33,35)(H2,31,32,34). The number of urea groups is 1. The van der Waals surface area contributed by atoms with Crippen molar-refractivity contribution >= 4 is 40.0 Å². The lowest BCUT2D eigenvalue weighted by Crippen LogP contribution is -2.22. The van der Waals surface area contributed by atoms with Gasteiger partial charge < -0.3 is 24.8 Å². The second-order valence-electron chi connectivity index (χ2n) is 9.36. The maximum atomic E-state index is 13.2. The molecule has 1 aromatic heterocycles. The zero-order valence-electron chi connectivity index (χ0n) is 21.8. The summed E-state index contributed by atoms with van der Waals surface area (Å²) in [5.41, 5.74) is 1.93. The van der Waals surface area contributed by atoms with E-state index in [0.29, 0.717) is 28.7 Å². The Bertz CT molecular complexity index is 1470. The van der Waals surface area contributed by atoms with Crippen LogP contribution in [0.2, 0.25) is 0 Å². The Kier molecular flexibility index (Phi) is 7.61. The van der Waals surface area contributed by atoms with Gasteiger partial charge >= 0.3 is 12.1 Å². The minimum atomic E-state index is -0.652. The molecular weight excluding hydrogens is 486 g/mol. The van der Waals surface area contributed by atoms with Crippen LogP contribution >= 0.6 is 0 Å². The van der Waals surface area contributed by atoms with Crippen molar-refractivity contribution in [1.82, 2.24) is 9.97 Å². The number of methoxy groups -OCH3 is 2. The smallest absolute Gasteiger partial charge is 0.411 e. The van der Waals surface area contributed by atoms with Crippen LogP contribution in [0.3, 0.4) is 0 Å². The number of anilines is 3. The van der Waals surface area contributed by atoms with Gasteiger partial charge in [-0.05, 0) is 35.2 Å². The van der Waals surface area contributed by atoms with Gasteiger partial charge in [-0.1, -0.05) is 45.0 Å². The Morgan fingerprint density at radius 3 is 2.16 bits per heavy atom. The molecule has 0 radical (unpaired) electrons. The van der Waals surface area contributed by atoms with Crippen LogP contribution in [-0.4, -0.2) is 36.3 Å². The fraction of sp³-hybridized carbons (Fsp3) is 0.214. The van der Waals surface area contributed by atoms with E-state index in [-0.39, 0.29) is 11.2 Å². The molecule has 3 amide bonds. The van der Waals surface area contributed by atoms with Crippen LogP contribution in [0.5, 0.6) is 17.4 Å². The van der Waals surface area contributed by atoms with Gasteiger partial charge in [0.25, 0.3) is 0 Å². The summed E-state index contributed by atoms with van der Waals surface area (Å²) in [6, 6.07) is 15.8. The minimum absolute atomic E-state index is 0.276. The zero-order valence-corrected chi connectivity index (χ0v) is 21.8. The van der Waals surface area contributed by atoms with E-state index >= 15 is 0 Å². The largest absolute Gasteiger partial charge is 0.492 e. The zero-order chi connectivity index (χ0) is 27.3. The van der Waals surface area contributed by atoms with E-state index in [2.05, 4.69) is 25.9 Å². The fourth-order valence-corrected chi connectivity index (χ4v) is 3.83. The molecule has 0 saturated carbocycles. The van der Waals surface area contributed by atoms with Crippen LogP contribution in [0, 0.1) is 0 Å². The van der Waals surface area contributed by atoms with Gasteiger partial charge in [0.05, 0.1) is 31.3 Å². The first-order valence-electron chi connectivity index (χ1n) is 11.8. The molecule has 3 aromatic carbocycles. The molecular formula is C28H29N5O5. The lowest BCUT2D eigenvalue weighted by Gasteiger charge is -2.24. The number of nitrogens with one attached hydrogen (secondary N) is 3. The van der Waals surface area contributed by atoms with Gasteiger partial charge in [0.2, 0.25) is 5.88 Å². The van der Waals surface area contributed by atoms with Crippen molar-refractivity contribution in [2.24, 2.45) is 0 Å². The predicted molar refractivity (Wildman–Crippen MR) is 146 cm³/mol. The van der Waals surface area contributed by atoms with Gasteiger partial charge in [0.1, 0.15) is 12.1 Å². The molecule has 0 aliphatic heterocycles. The first kappa shape index (κ1) is 26.2. The van der Waals surface area contributed by atoms with Gasteiger partial charge in [-0.25, -0.2) is 19.6 Å². The number of nitrogens with zero attached hydrogens (tertiary/aromatic N) is 2. The van der Waals surface area contributed by atoms with Gasteiger partial charge in [-0.15, -0.1) is 0 Å². The number of hydrogen-bond donors (Lipinski definition) is 3. The van der Waals surface area contributed by atoms with Crippen LogP contribution in [0.25, 0.3) is 10.8 Å². The number of aromatic nitrogens is 2. The van der Waals surface area contributed by atoms with E-state index in [9.17, 15) is 9.59 Å². The first-order valence-corrected chi connectivity index (χ1v) is 11.8. The molecule has 0 aliphatic carbocycles. The van der Waals surface area contributed by atoms with Crippen molar-refractivity contribution in [2.75, 3.05) is 30.2 Å². The Hall–Kier alpha value is -4.86. The monoisotopic (exact) mass is 515 g/mol. The van der Waals surface area contributed by atoms with E-state index < -0.39 is 12.1 Å². The molecule has 4 rings (SSSR count). The summed E-state index contributed by atoms with van der Waals surface area (Å²) in [4.78, 5) is 33.1. The van der Waals surface area contributed by atoms with Crippen molar-refractivity contribution in [3.05, 3.63) is 72.7 Å². The molecule has 0 spiro atoms. The second-order valence-corrected chi connectivity index (χ2v) is 9.36. The van der Waals surface area contributed by atoms with Crippen molar-refractivity contribution in [3.8, 4) is 17.4 Å². The third kappa shape index (κ3) is 5.92. The van der Waals surface area contributed by atoms with Gasteiger partial charge in [0.15, 0.2) is 5.75 Å². The first-order chi connectivity index (χ1) is 18.2. The quantitative estimate of drug-likeness (QED) is 0.266. The van der Waals surface area contributed by atoms with Crippen LogP contribution in [0.4, 0.5) is 26.7 Å². The topological polar surface area (TPSA) is 124 Å². The second kappa shape index (κ2) is 11.0. The highest BCUT2D eigenvalue weighted by molar-refractivity contribution is 6.08. The van der Waals surface area contributed by atoms with Gasteiger partial charge in [-0.3, -0.25) is 5.32 Å². The predicted octanol–water partition coefficient (Wildman–Crippen LogP) is 6.55. The van der Waals surface area contributed by atoms with Gasteiger partial charge in [-0.2, -0.15) is 0 Å². The summed E-state index contributed by atoms with van der Waals surface area (Å²) in [7, 11) is 2.73. The van der Waals surface area contributed by atoms with E-state index in [0.717, 1.165) is 16.3 Å². The van der Waals surface area contributed by atoms with Gasteiger partial charge in [0, 0.05) is 23.0 Å². The van der Waals surface area contributed by atoms with E-state index in [1.54, 1.807) is 30.5 Å². The molecule has 0 saturated heterocycles. The van der Waals surface area contributed by atoms with E-state index in [1.807, 2.05) is 51.1 Å². The van der Waals surface area contributed by atoms with Crippen LogP contribution < -0.4 is 25.4 Å². The van der Waals surface area contributed by atoms with Crippen molar-refractivity contribution < 1.29 is 23.8 Å². The number of fused-ring (bicyclic) bond motifs is 1. The average Bonchev–Trinajstić information content (AvgIpc) is 2.90. The highest BCUT2D eigenvalue weighted by atomic mass is 16.5. The lowest BCUT2D eigenvalue weighted by molar-refractivity contribution is 0.187. The van der Waals surface area contributed by atoms with E-state index in [4.69, 9.17) is 14.2 Å². The van der Waals surface area contributed by atoms with Crippen LogP contribution in [0.1, 0.15) is 26.3 Å². The summed E-state index contributed by atoms with van der Waals surface area (Å²) in [6.07, 6.45) is 2.35. The summed E-state index contributed by atoms with van der Waals surface area (Å²) < 4.78 is 16.2. The number of benzene rings is 3. The maximum Gasteiger partial charge on any atom is 0.411 e. The van der Waals surface area contributed by atoms with E-state index in [1.165, 1.54) is 20.5 Å². The third-order valence-electron chi connectivity index (χ3n) is 5.73. The minimum Gasteiger partial charge on any atom is -0.492 e. The Morgan fingerprint density at radius 1 is 0.842 bits per heavy atom. The van der Waals surface area contributed by atoms with Crippen LogP contribution in [0.15, 0.2) is 67.1 Å². The molecule has 0 aliphatic rings. The molecule has 10 nitrogen and oxygen atoms in total. The highest BCUT2D eigenvalue weighted by Gasteiger charge is 2.22. The molecule has 1 heterocycles. The summed E-state index contributed by atoms with van der Waals surface area (Å²) in [5, 5.41) is 9.99. The summed E-state index contributed by atoms with van der Waals surface area (Å²) >= 11 is 0. The molecule has 0 atom stereocenters. The average molecular weight is 516 g/mol. The lowest BCUT2D eigenvalue weighted by atomic mass is 9.86. The van der Waals surface area contributed by atoms with Crippen molar-refractivity contribution in [3.63, 3.8) is 0 Å². The summed E-state index contributed by atoms with van der Waals surface area (Å²) in [5.74, 6) is 1.28. The number of carbonyl (C=O) groups is 2. The molecule has 10 heteroatoms. The molecule has 3 N–H and O–H groups in total. The third-order valence-corrected chi connectivity index (χ3v) is 5.73. The maximum absolute atomic E-state index is 13.2. The summed E-state index contributed by atoms with van der Waals surface area (Å²) in [6.45, 7) is 6.08.